The van der Waals surface area contributed by atoms with Crippen LogP contribution in [0.25, 0.3) is 0 Å². The summed E-state index contributed by atoms with van der Waals surface area (Å²) in [6.45, 7) is 9.56. The van der Waals surface area contributed by atoms with Gasteiger partial charge >= 0.3 is 0 Å². The van der Waals surface area contributed by atoms with Gasteiger partial charge in [0, 0.05) is 20.2 Å². The molecule has 16 heavy (non-hydrogen) atoms. The third-order valence-electron chi connectivity index (χ3n) is 2.68. The van der Waals surface area contributed by atoms with Gasteiger partial charge in [-0.05, 0) is 11.8 Å². The fraction of sp³-hybridized carbons (Fsp3) is 1.00. The maximum absolute atomic E-state index is 9.59. The molecule has 0 aliphatic rings. The summed E-state index contributed by atoms with van der Waals surface area (Å²) in [5.41, 5.74) is 0.288. The lowest BCUT2D eigenvalue weighted by molar-refractivity contribution is 0.0131. The zero-order valence-corrected chi connectivity index (χ0v) is 11.1. The van der Waals surface area contributed by atoms with Crippen LogP contribution >= 0.6 is 0 Å². The number of rotatable bonds is 10. The largest absolute Gasteiger partial charge is 0.389 e. The lowest BCUT2D eigenvalue weighted by Crippen LogP contribution is -2.36. The molecule has 98 valence electrons. The van der Waals surface area contributed by atoms with Crippen molar-refractivity contribution in [1.82, 2.24) is 5.32 Å². The Morgan fingerprint density at radius 2 is 2.00 bits per heavy atom. The first kappa shape index (κ1) is 15.8. The van der Waals surface area contributed by atoms with Crippen LogP contribution in [-0.4, -0.2) is 51.2 Å². The molecule has 2 N–H and O–H groups in total. The van der Waals surface area contributed by atoms with Gasteiger partial charge in [-0.2, -0.15) is 0 Å². The minimum absolute atomic E-state index is 0.288. The minimum atomic E-state index is -0.440. The highest BCUT2D eigenvalue weighted by atomic mass is 16.5. The Hall–Kier alpha value is -0.160. The van der Waals surface area contributed by atoms with E-state index in [2.05, 4.69) is 26.1 Å². The lowest BCUT2D eigenvalue weighted by Gasteiger charge is -2.23. The zero-order valence-electron chi connectivity index (χ0n) is 11.1. The summed E-state index contributed by atoms with van der Waals surface area (Å²) in [4.78, 5) is 0. The minimum Gasteiger partial charge on any atom is -0.389 e. The van der Waals surface area contributed by atoms with Crippen molar-refractivity contribution in [3.05, 3.63) is 0 Å². The Balaban J connectivity index is 3.40. The fourth-order valence-corrected chi connectivity index (χ4v) is 1.12. The topological polar surface area (TPSA) is 50.7 Å². The molecular weight excluding hydrogens is 206 g/mol. The summed E-state index contributed by atoms with van der Waals surface area (Å²) in [5, 5.41) is 12.8. The molecule has 0 aromatic carbocycles. The third kappa shape index (κ3) is 9.09. The van der Waals surface area contributed by atoms with E-state index in [9.17, 15) is 5.11 Å². The number of hydrogen-bond acceptors (Lipinski definition) is 4. The van der Waals surface area contributed by atoms with E-state index in [4.69, 9.17) is 9.47 Å². The van der Waals surface area contributed by atoms with Crippen molar-refractivity contribution in [2.45, 2.75) is 33.3 Å². The zero-order chi connectivity index (χ0) is 12.4. The third-order valence-corrected chi connectivity index (χ3v) is 2.68. The smallest absolute Gasteiger partial charge is 0.0897 e. The predicted octanol–water partition coefficient (Wildman–Crippen LogP) is 1.04. The molecule has 1 atom stereocenters. The number of ether oxygens (including phenoxy) is 2. The first-order valence-electron chi connectivity index (χ1n) is 5.97. The second-order valence-electron chi connectivity index (χ2n) is 4.87. The van der Waals surface area contributed by atoms with Crippen LogP contribution in [0, 0.1) is 5.41 Å². The number of aliphatic hydroxyl groups excluding tert-OH is 1. The maximum Gasteiger partial charge on any atom is 0.0897 e. The van der Waals surface area contributed by atoms with Crippen LogP contribution in [0.3, 0.4) is 0 Å². The van der Waals surface area contributed by atoms with Crippen LogP contribution in [0.4, 0.5) is 0 Å². The summed E-state index contributed by atoms with van der Waals surface area (Å²) in [6, 6.07) is 0. The summed E-state index contributed by atoms with van der Waals surface area (Å²) in [6.07, 6.45) is 0.685. The number of methoxy groups -OCH3 is 1. The second-order valence-corrected chi connectivity index (χ2v) is 4.87. The SMILES string of the molecule is CCC(C)(C)CNCC(O)COCCOC. The Bertz CT molecular complexity index is 162. The molecular formula is C12H27NO3. The fourth-order valence-electron chi connectivity index (χ4n) is 1.12. The van der Waals surface area contributed by atoms with Crippen molar-refractivity contribution in [2.24, 2.45) is 5.41 Å². The maximum atomic E-state index is 9.59. The van der Waals surface area contributed by atoms with Gasteiger partial charge in [0.25, 0.3) is 0 Å². The number of aliphatic hydroxyl groups is 1. The van der Waals surface area contributed by atoms with Crippen LogP contribution in [0.2, 0.25) is 0 Å². The van der Waals surface area contributed by atoms with Gasteiger partial charge in [0.15, 0.2) is 0 Å². The van der Waals surface area contributed by atoms with E-state index in [1.165, 1.54) is 0 Å². The molecule has 0 radical (unpaired) electrons. The molecule has 0 heterocycles. The van der Waals surface area contributed by atoms with Crippen molar-refractivity contribution >= 4 is 0 Å². The van der Waals surface area contributed by atoms with E-state index < -0.39 is 6.10 Å². The van der Waals surface area contributed by atoms with E-state index in [-0.39, 0.29) is 5.41 Å². The van der Waals surface area contributed by atoms with Gasteiger partial charge in [-0.1, -0.05) is 20.8 Å². The monoisotopic (exact) mass is 233 g/mol. The first-order chi connectivity index (χ1) is 7.52. The average Bonchev–Trinajstić information content (AvgIpc) is 2.24. The molecule has 4 nitrogen and oxygen atoms in total. The Morgan fingerprint density at radius 3 is 2.56 bits per heavy atom. The molecule has 0 aromatic rings. The van der Waals surface area contributed by atoms with Gasteiger partial charge in [0.2, 0.25) is 0 Å². The first-order valence-corrected chi connectivity index (χ1v) is 5.97. The van der Waals surface area contributed by atoms with E-state index in [0.717, 1.165) is 13.0 Å². The van der Waals surface area contributed by atoms with Crippen LogP contribution in [0.1, 0.15) is 27.2 Å². The van der Waals surface area contributed by atoms with Gasteiger partial charge in [0.1, 0.15) is 0 Å². The molecule has 0 aliphatic carbocycles. The summed E-state index contributed by atoms with van der Waals surface area (Å²) in [5.74, 6) is 0. The molecule has 0 amide bonds. The van der Waals surface area contributed by atoms with Gasteiger partial charge in [-0.15, -0.1) is 0 Å². The van der Waals surface area contributed by atoms with Gasteiger partial charge in [0.05, 0.1) is 25.9 Å². The van der Waals surface area contributed by atoms with Gasteiger partial charge in [-0.3, -0.25) is 0 Å². The van der Waals surface area contributed by atoms with Crippen LogP contribution in [-0.2, 0) is 9.47 Å². The molecule has 0 aromatic heterocycles. The molecule has 4 heteroatoms. The van der Waals surface area contributed by atoms with Crippen LogP contribution in [0.5, 0.6) is 0 Å². The van der Waals surface area contributed by atoms with Crippen LogP contribution < -0.4 is 5.32 Å². The second kappa shape index (κ2) is 8.93. The van der Waals surface area contributed by atoms with E-state index >= 15 is 0 Å². The molecule has 0 rings (SSSR count). The highest BCUT2D eigenvalue weighted by Crippen LogP contribution is 2.17. The molecule has 1 unspecified atom stereocenters. The number of hydrogen-bond donors (Lipinski definition) is 2. The van der Waals surface area contributed by atoms with Gasteiger partial charge in [-0.25, -0.2) is 0 Å². The highest BCUT2D eigenvalue weighted by molar-refractivity contribution is 4.70. The standard InChI is InChI=1S/C12H27NO3/c1-5-12(2,3)10-13-8-11(14)9-16-7-6-15-4/h11,13-14H,5-10H2,1-4H3. The van der Waals surface area contributed by atoms with Crippen LogP contribution in [0.15, 0.2) is 0 Å². The Kier molecular flexibility index (Phi) is 8.84. The molecule has 0 saturated heterocycles. The van der Waals surface area contributed by atoms with Crippen molar-refractivity contribution < 1.29 is 14.6 Å². The molecule has 0 aliphatic heterocycles. The molecule has 0 fully saturated rings. The highest BCUT2D eigenvalue weighted by Gasteiger charge is 2.14. The van der Waals surface area contributed by atoms with E-state index in [1.54, 1.807) is 7.11 Å². The number of nitrogens with one attached hydrogen (secondary N) is 1. The van der Waals surface area contributed by atoms with E-state index in [0.29, 0.717) is 26.4 Å². The van der Waals surface area contributed by atoms with Crippen molar-refractivity contribution in [3.63, 3.8) is 0 Å². The lowest BCUT2D eigenvalue weighted by atomic mass is 9.90. The van der Waals surface area contributed by atoms with Crippen molar-refractivity contribution in [3.8, 4) is 0 Å². The van der Waals surface area contributed by atoms with E-state index in [1.807, 2.05) is 0 Å². The summed E-state index contributed by atoms with van der Waals surface area (Å²) >= 11 is 0. The van der Waals surface area contributed by atoms with Gasteiger partial charge < -0.3 is 19.9 Å². The Morgan fingerprint density at radius 1 is 1.31 bits per heavy atom. The van der Waals surface area contributed by atoms with Crippen molar-refractivity contribution in [1.29, 1.82) is 0 Å². The van der Waals surface area contributed by atoms with Crippen molar-refractivity contribution in [2.75, 3.05) is 40.0 Å². The normalized spacial score (nSPS) is 14.1. The molecule has 0 saturated carbocycles. The summed E-state index contributed by atoms with van der Waals surface area (Å²) in [7, 11) is 1.63. The predicted molar refractivity (Wildman–Crippen MR) is 65.6 cm³/mol. The average molecular weight is 233 g/mol. The molecule has 0 spiro atoms. The Labute approximate surface area is 99.3 Å². The quantitative estimate of drug-likeness (QED) is 0.554. The summed E-state index contributed by atoms with van der Waals surface area (Å²) < 4.78 is 10.1. The molecule has 0 bridgehead atoms.